The zero-order chi connectivity index (χ0) is 9.42. The summed E-state index contributed by atoms with van der Waals surface area (Å²) in [6.45, 7) is 2.11. The van der Waals surface area contributed by atoms with E-state index < -0.39 is 5.97 Å². The summed E-state index contributed by atoms with van der Waals surface area (Å²) < 4.78 is 4.92. The molecule has 2 atom stereocenters. The average molecular weight is 182 g/mol. The predicted octanol–water partition coefficient (Wildman–Crippen LogP) is 1.19. The lowest BCUT2D eigenvalue weighted by atomic mass is 10.5. The third-order valence-electron chi connectivity index (χ3n) is 2.14. The molecule has 0 saturated heterocycles. The van der Waals surface area contributed by atoms with Crippen molar-refractivity contribution in [3.63, 3.8) is 0 Å². The van der Waals surface area contributed by atoms with Crippen LogP contribution in [0.4, 0.5) is 6.01 Å². The second-order valence-corrected chi connectivity index (χ2v) is 3.31. The number of aromatic nitrogens is 1. The van der Waals surface area contributed by atoms with E-state index in [4.69, 9.17) is 9.52 Å². The van der Waals surface area contributed by atoms with Gasteiger partial charge in [0.2, 0.25) is 0 Å². The Labute approximate surface area is 74.8 Å². The van der Waals surface area contributed by atoms with Crippen LogP contribution in [0, 0.1) is 5.92 Å². The molecule has 0 radical (unpaired) electrons. The van der Waals surface area contributed by atoms with Crippen molar-refractivity contribution < 1.29 is 14.3 Å². The SMILES string of the molecule is CC1CC1Nc1nc(C(=O)O)co1. The maximum Gasteiger partial charge on any atom is 0.357 e. The van der Waals surface area contributed by atoms with Crippen LogP contribution in [-0.2, 0) is 0 Å². The topological polar surface area (TPSA) is 75.4 Å². The summed E-state index contributed by atoms with van der Waals surface area (Å²) in [6.07, 6.45) is 2.22. The van der Waals surface area contributed by atoms with Gasteiger partial charge in [0.1, 0.15) is 6.26 Å². The van der Waals surface area contributed by atoms with Crippen LogP contribution in [0.3, 0.4) is 0 Å². The predicted molar refractivity (Wildman–Crippen MR) is 44.7 cm³/mol. The minimum atomic E-state index is -1.07. The number of carboxylic acid groups (broad SMARTS) is 1. The molecule has 1 aliphatic rings. The van der Waals surface area contributed by atoms with Crippen LogP contribution in [0.5, 0.6) is 0 Å². The fourth-order valence-corrected chi connectivity index (χ4v) is 1.12. The molecule has 1 heterocycles. The van der Waals surface area contributed by atoms with E-state index in [2.05, 4.69) is 17.2 Å². The molecule has 13 heavy (non-hydrogen) atoms. The Bertz CT molecular complexity index is 334. The van der Waals surface area contributed by atoms with Gasteiger partial charge in [0.05, 0.1) is 0 Å². The first-order valence-corrected chi connectivity index (χ1v) is 4.12. The Hall–Kier alpha value is -1.52. The van der Waals surface area contributed by atoms with E-state index in [1.165, 1.54) is 0 Å². The van der Waals surface area contributed by atoms with Gasteiger partial charge in [-0.15, -0.1) is 0 Å². The van der Waals surface area contributed by atoms with Gasteiger partial charge in [-0.25, -0.2) is 4.79 Å². The van der Waals surface area contributed by atoms with Gasteiger partial charge in [0.15, 0.2) is 5.69 Å². The van der Waals surface area contributed by atoms with E-state index in [0.29, 0.717) is 18.0 Å². The second-order valence-electron chi connectivity index (χ2n) is 3.31. The van der Waals surface area contributed by atoms with E-state index in [1.54, 1.807) is 0 Å². The van der Waals surface area contributed by atoms with E-state index in [9.17, 15) is 4.79 Å². The molecule has 2 rings (SSSR count). The van der Waals surface area contributed by atoms with E-state index in [0.717, 1.165) is 12.7 Å². The van der Waals surface area contributed by atoms with Gasteiger partial charge in [0.25, 0.3) is 6.01 Å². The first-order chi connectivity index (χ1) is 6.16. The van der Waals surface area contributed by atoms with Crippen molar-refractivity contribution in [1.29, 1.82) is 0 Å². The van der Waals surface area contributed by atoms with E-state index in [-0.39, 0.29) is 5.69 Å². The Morgan fingerprint density at radius 1 is 1.85 bits per heavy atom. The molecule has 1 aromatic rings. The highest BCUT2D eigenvalue weighted by atomic mass is 16.4. The maximum absolute atomic E-state index is 10.4. The van der Waals surface area contributed by atoms with Crippen molar-refractivity contribution in [2.45, 2.75) is 19.4 Å². The van der Waals surface area contributed by atoms with E-state index >= 15 is 0 Å². The molecule has 2 N–H and O–H groups in total. The van der Waals surface area contributed by atoms with Crippen LogP contribution in [0.1, 0.15) is 23.8 Å². The number of nitrogens with zero attached hydrogens (tertiary/aromatic N) is 1. The fourth-order valence-electron chi connectivity index (χ4n) is 1.12. The van der Waals surface area contributed by atoms with Gasteiger partial charge >= 0.3 is 5.97 Å². The van der Waals surface area contributed by atoms with Crippen molar-refractivity contribution >= 4 is 12.0 Å². The molecule has 1 aromatic heterocycles. The Morgan fingerprint density at radius 2 is 2.54 bits per heavy atom. The summed E-state index contributed by atoms with van der Waals surface area (Å²) in [7, 11) is 0. The standard InChI is InChI=1S/C8H10N2O3/c1-4-2-5(4)9-8-10-6(3-13-8)7(11)12/h3-5H,2H2,1H3,(H,9,10)(H,11,12). The van der Waals surface area contributed by atoms with Gasteiger partial charge < -0.3 is 14.8 Å². The molecular weight excluding hydrogens is 172 g/mol. The number of hydrogen-bond donors (Lipinski definition) is 2. The van der Waals surface area contributed by atoms with Crippen molar-refractivity contribution in [1.82, 2.24) is 4.98 Å². The number of anilines is 1. The molecule has 5 heteroatoms. The highest BCUT2D eigenvalue weighted by molar-refractivity contribution is 5.85. The first kappa shape index (κ1) is 8.10. The molecule has 1 aliphatic carbocycles. The third-order valence-corrected chi connectivity index (χ3v) is 2.14. The molecule has 0 aliphatic heterocycles. The third kappa shape index (κ3) is 1.63. The van der Waals surface area contributed by atoms with Crippen LogP contribution in [0.15, 0.2) is 10.7 Å². The summed E-state index contributed by atoms with van der Waals surface area (Å²) in [5, 5.41) is 11.5. The molecule has 1 fully saturated rings. The normalized spacial score (nSPS) is 25.6. The van der Waals surface area contributed by atoms with Gasteiger partial charge in [-0.1, -0.05) is 6.92 Å². The second kappa shape index (κ2) is 2.76. The molecule has 0 amide bonds. The van der Waals surface area contributed by atoms with Crippen molar-refractivity contribution in [2.24, 2.45) is 5.92 Å². The zero-order valence-corrected chi connectivity index (χ0v) is 7.15. The van der Waals surface area contributed by atoms with Gasteiger partial charge in [0, 0.05) is 6.04 Å². The Balaban J connectivity index is 2.01. The summed E-state index contributed by atoms with van der Waals surface area (Å²) in [5.41, 5.74) is -0.0594. The van der Waals surface area contributed by atoms with Crippen LogP contribution in [0.25, 0.3) is 0 Å². The number of nitrogens with one attached hydrogen (secondary N) is 1. The molecule has 5 nitrogen and oxygen atoms in total. The highest BCUT2D eigenvalue weighted by Crippen LogP contribution is 2.32. The number of carbonyl (C=O) groups is 1. The number of hydrogen-bond acceptors (Lipinski definition) is 4. The lowest BCUT2D eigenvalue weighted by molar-refractivity contribution is 0.0690. The minimum Gasteiger partial charge on any atom is -0.476 e. The number of carboxylic acids is 1. The lowest BCUT2D eigenvalue weighted by Crippen LogP contribution is -2.04. The number of oxazole rings is 1. The summed E-state index contributed by atoms with van der Waals surface area (Å²) >= 11 is 0. The van der Waals surface area contributed by atoms with Crippen LogP contribution < -0.4 is 5.32 Å². The number of aromatic carboxylic acids is 1. The molecule has 70 valence electrons. The minimum absolute atomic E-state index is 0.0594. The monoisotopic (exact) mass is 182 g/mol. The Morgan fingerprint density at radius 3 is 3.00 bits per heavy atom. The van der Waals surface area contributed by atoms with Crippen LogP contribution in [-0.4, -0.2) is 22.1 Å². The van der Waals surface area contributed by atoms with Crippen molar-refractivity contribution in [3.8, 4) is 0 Å². The van der Waals surface area contributed by atoms with Gasteiger partial charge in [-0.2, -0.15) is 4.98 Å². The fraction of sp³-hybridized carbons (Fsp3) is 0.500. The smallest absolute Gasteiger partial charge is 0.357 e. The maximum atomic E-state index is 10.4. The van der Waals surface area contributed by atoms with Crippen molar-refractivity contribution in [3.05, 3.63) is 12.0 Å². The van der Waals surface area contributed by atoms with Crippen LogP contribution in [0.2, 0.25) is 0 Å². The molecular formula is C8H10N2O3. The zero-order valence-electron chi connectivity index (χ0n) is 7.15. The highest BCUT2D eigenvalue weighted by Gasteiger charge is 2.33. The van der Waals surface area contributed by atoms with Gasteiger partial charge in [-0.05, 0) is 12.3 Å². The van der Waals surface area contributed by atoms with Gasteiger partial charge in [-0.3, -0.25) is 0 Å². The largest absolute Gasteiger partial charge is 0.476 e. The lowest BCUT2D eigenvalue weighted by Gasteiger charge is -1.95. The molecule has 0 spiro atoms. The first-order valence-electron chi connectivity index (χ1n) is 4.12. The molecule has 1 saturated carbocycles. The van der Waals surface area contributed by atoms with Crippen molar-refractivity contribution in [2.75, 3.05) is 5.32 Å². The Kier molecular flexibility index (Phi) is 1.72. The molecule has 0 bridgehead atoms. The number of rotatable bonds is 3. The summed E-state index contributed by atoms with van der Waals surface area (Å²) in [5.74, 6) is -0.444. The average Bonchev–Trinajstić information content (AvgIpc) is 2.61. The molecule has 0 aromatic carbocycles. The summed E-state index contributed by atoms with van der Waals surface area (Å²) in [6, 6.07) is 0.687. The van der Waals surface area contributed by atoms with Crippen LogP contribution >= 0.6 is 0 Å². The van der Waals surface area contributed by atoms with E-state index in [1.807, 2.05) is 0 Å². The summed E-state index contributed by atoms with van der Waals surface area (Å²) in [4.78, 5) is 14.2. The molecule has 2 unspecified atom stereocenters. The quantitative estimate of drug-likeness (QED) is 0.734.